The van der Waals surface area contributed by atoms with Gasteiger partial charge in [-0.05, 0) is 42.3 Å². The summed E-state index contributed by atoms with van der Waals surface area (Å²) in [5, 5.41) is 22.9. The highest BCUT2D eigenvalue weighted by molar-refractivity contribution is 7.99. The molecule has 1 saturated carbocycles. The van der Waals surface area contributed by atoms with E-state index in [2.05, 4.69) is 27.6 Å². The van der Waals surface area contributed by atoms with Crippen molar-refractivity contribution in [1.29, 1.82) is 0 Å². The maximum atomic E-state index is 12.9. The fourth-order valence-electron chi connectivity index (χ4n) is 4.11. The van der Waals surface area contributed by atoms with Crippen LogP contribution in [-0.4, -0.2) is 32.1 Å². The molecule has 1 aliphatic rings. The van der Waals surface area contributed by atoms with Gasteiger partial charge in [0.15, 0.2) is 5.16 Å². The lowest BCUT2D eigenvalue weighted by Crippen LogP contribution is -2.39. The molecule has 1 aliphatic carbocycles. The van der Waals surface area contributed by atoms with Crippen molar-refractivity contribution < 1.29 is 9.72 Å². The Bertz CT molecular complexity index is 1090. The highest BCUT2D eigenvalue weighted by Crippen LogP contribution is 2.40. The van der Waals surface area contributed by atoms with Gasteiger partial charge >= 0.3 is 0 Å². The number of nitrogens with zero attached hydrogens (tertiary/aromatic N) is 4. The zero-order valence-electron chi connectivity index (χ0n) is 17.2. The first-order chi connectivity index (χ1) is 15.0. The standard InChI is InChI=1S/C22H23N5O3S/c1-26-15-24-25-21(26)31-19-10-9-16(13-18(19)27(29)30)20(28)23-14-22(11-5-6-12-22)17-7-3-2-4-8-17/h2-4,7-10,13,15H,5-6,11-12,14H2,1H3,(H,23,28). The average Bonchev–Trinajstić information content (AvgIpc) is 3.43. The summed E-state index contributed by atoms with van der Waals surface area (Å²) < 4.78 is 1.68. The molecule has 4 rings (SSSR count). The Labute approximate surface area is 184 Å². The van der Waals surface area contributed by atoms with E-state index >= 15 is 0 Å². The van der Waals surface area contributed by atoms with Crippen molar-refractivity contribution in [3.05, 3.63) is 76.1 Å². The van der Waals surface area contributed by atoms with E-state index in [0.29, 0.717) is 16.6 Å². The smallest absolute Gasteiger partial charge is 0.284 e. The van der Waals surface area contributed by atoms with Crippen LogP contribution in [0.3, 0.4) is 0 Å². The van der Waals surface area contributed by atoms with Crippen molar-refractivity contribution in [2.75, 3.05) is 6.54 Å². The zero-order chi connectivity index (χ0) is 21.8. The predicted molar refractivity (Wildman–Crippen MR) is 117 cm³/mol. The van der Waals surface area contributed by atoms with Crippen molar-refractivity contribution in [2.24, 2.45) is 7.05 Å². The molecule has 160 valence electrons. The lowest BCUT2D eigenvalue weighted by molar-refractivity contribution is -0.387. The molecule has 1 amide bonds. The van der Waals surface area contributed by atoms with E-state index < -0.39 is 4.92 Å². The van der Waals surface area contributed by atoms with Crippen molar-refractivity contribution >= 4 is 23.4 Å². The molecule has 0 unspecified atom stereocenters. The van der Waals surface area contributed by atoms with E-state index in [9.17, 15) is 14.9 Å². The number of hydrogen-bond acceptors (Lipinski definition) is 6. The summed E-state index contributed by atoms with van der Waals surface area (Å²) in [5.41, 5.74) is 1.30. The van der Waals surface area contributed by atoms with Crippen molar-refractivity contribution in [1.82, 2.24) is 20.1 Å². The number of benzene rings is 2. The van der Waals surface area contributed by atoms with Crippen LogP contribution in [0.2, 0.25) is 0 Å². The summed E-state index contributed by atoms with van der Waals surface area (Å²) in [6.45, 7) is 0.513. The van der Waals surface area contributed by atoms with Gasteiger partial charge in [0.1, 0.15) is 6.33 Å². The van der Waals surface area contributed by atoms with Crippen molar-refractivity contribution in [2.45, 2.75) is 41.2 Å². The van der Waals surface area contributed by atoms with Gasteiger partial charge < -0.3 is 9.88 Å². The van der Waals surface area contributed by atoms with E-state index in [1.165, 1.54) is 18.0 Å². The van der Waals surface area contributed by atoms with Crippen LogP contribution < -0.4 is 5.32 Å². The van der Waals surface area contributed by atoms with Crippen molar-refractivity contribution in [3.63, 3.8) is 0 Å². The van der Waals surface area contributed by atoms with Gasteiger partial charge in [0.25, 0.3) is 11.6 Å². The highest BCUT2D eigenvalue weighted by Gasteiger charge is 2.36. The SMILES string of the molecule is Cn1cnnc1Sc1ccc(C(=O)NCC2(c3ccccc3)CCCC2)cc1[N+](=O)[O-]. The van der Waals surface area contributed by atoms with Crippen LogP contribution in [0.4, 0.5) is 5.69 Å². The summed E-state index contributed by atoms with van der Waals surface area (Å²) in [6.07, 6.45) is 5.82. The predicted octanol–water partition coefficient (Wildman–Crippen LogP) is 4.12. The number of nitrogens with one attached hydrogen (secondary N) is 1. The number of rotatable bonds is 7. The van der Waals surface area contributed by atoms with Crippen LogP contribution in [-0.2, 0) is 12.5 Å². The second-order valence-electron chi connectivity index (χ2n) is 7.80. The third-order valence-electron chi connectivity index (χ3n) is 5.82. The lowest BCUT2D eigenvalue weighted by atomic mass is 9.79. The monoisotopic (exact) mass is 437 g/mol. The molecule has 3 aromatic rings. The van der Waals surface area contributed by atoms with Gasteiger partial charge in [-0.25, -0.2) is 0 Å². The Kier molecular flexibility index (Phi) is 6.03. The molecule has 1 N–H and O–H groups in total. The number of aromatic nitrogens is 3. The van der Waals surface area contributed by atoms with Crippen molar-refractivity contribution in [3.8, 4) is 0 Å². The fraction of sp³-hybridized carbons (Fsp3) is 0.318. The Morgan fingerprint density at radius 2 is 1.97 bits per heavy atom. The van der Waals surface area contributed by atoms with E-state index in [1.54, 1.807) is 23.7 Å². The Hall–Kier alpha value is -3.20. The molecule has 8 nitrogen and oxygen atoms in total. The molecule has 1 aromatic heterocycles. The molecule has 0 saturated heterocycles. The van der Waals surface area contributed by atoms with E-state index in [4.69, 9.17) is 0 Å². The molecule has 0 bridgehead atoms. The first-order valence-corrected chi connectivity index (χ1v) is 10.9. The number of carbonyl (C=O) groups excluding carboxylic acids is 1. The molecule has 9 heteroatoms. The topological polar surface area (TPSA) is 103 Å². The molecule has 2 aromatic carbocycles. The molecule has 0 radical (unpaired) electrons. The van der Waals surface area contributed by atoms with Crippen LogP contribution in [0.15, 0.2) is 64.9 Å². The molecular weight excluding hydrogens is 414 g/mol. The number of nitro groups is 1. The second-order valence-corrected chi connectivity index (χ2v) is 8.81. The molecule has 0 aliphatic heterocycles. The summed E-state index contributed by atoms with van der Waals surface area (Å²) in [4.78, 5) is 24.4. The number of aryl methyl sites for hydroxylation is 1. The number of nitro benzene ring substituents is 1. The van der Waals surface area contributed by atoms with Gasteiger partial charge in [0.2, 0.25) is 0 Å². The van der Waals surface area contributed by atoms with E-state index in [-0.39, 0.29) is 22.6 Å². The molecule has 31 heavy (non-hydrogen) atoms. The molecule has 0 spiro atoms. The van der Waals surface area contributed by atoms with E-state index in [1.807, 2.05) is 18.2 Å². The van der Waals surface area contributed by atoms with Gasteiger partial charge in [-0.2, -0.15) is 0 Å². The molecule has 1 fully saturated rings. The maximum absolute atomic E-state index is 12.9. The van der Waals surface area contributed by atoms with Crippen LogP contribution in [0.5, 0.6) is 0 Å². The van der Waals surface area contributed by atoms with Gasteiger partial charge in [-0.3, -0.25) is 14.9 Å². The van der Waals surface area contributed by atoms with Gasteiger partial charge in [0.05, 0.1) is 9.82 Å². The molecule has 1 heterocycles. The normalized spacial score (nSPS) is 15.0. The minimum Gasteiger partial charge on any atom is -0.351 e. The quantitative estimate of drug-likeness (QED) is 0.441. The van der Waals surface area contributed by atoms with E-state index in [0.717, 1.165) is 37.4 Å². The lowest BCUT2D eigenvalue weighted by Gasteiger charge is -2.30. The maximum Gasteiger partial charge on any atom is 0.284 e. The summed E-state index contributed by atoms with van der Waals surface area (Å²) in [7, 11) is 1.77. The van der Waals surface area contributed by atoms with Crippen LogP contribution in [0.25, 0.3) is 0 Å². The fourth-order valence-corrected chi connectivity index (χ4v) is 4.96. The summed E-state index contributed by atoms with van der Waals surface area (Å²) in [5.74, 6) is -0.305. The highest BCUT2D eigenvalue weighted by atomic mass is 32.2. The largest absolute Gasteiger partial charge is 0.351 e. The van der Waals surface area contributed by atoms with Gasteiger partial charge in [-0.15, -0.1) is 10.2 Å². The number of hydrogen-bond donors (Lipinski definition) is 1. The Balaban J connectivity index is 1.52. The average molecular weight is 438 g/mol. The second kappa shape index (κ2) is 8.89. The number of carbonyl (C=O) groups is 1. The van der Waals surface area contributed by atoms with Crippen LogP contribution >= 0.6 is 11.8 Å². The molecule has 0 atom stereocenters. The third-order valence-corrected chi connectivity index (χ3v) is 6.94. The Morgan fingerprint density at radius 1 is 1.23 bits per heavy atom. The third kappa shape index (κ3) is 4.46. The van der Waals surface area contributed by atoms with Crippen LogP contribution in [0, 0.1) is 10.1 Å². The summed E-state index contributed by atoms with van der Waals surface area (Å²) >= 11 is 1.14. The van der Waals surface area contributed by atoms with Gasteiger partial charge in [0, 0.05) is 30.6 Å². The van der Waals surface area contributed by atoms with Crippen LogP contribution in [0.1, 0.15) is 41.6 Å². The first kappa shape index (κ1) is 21.0. The first-order valence-electron chi connectivity index (χ1n) is 10.1. The zero-order valence-corrected chi connectivity index (χ0v) is 18.0. The number of amides is 1. The minimum atomic E-state index is -0.474. The summed E-state index contributed by atoms with van der Waals surface area (Å²) in [6, 6.07) is 14.8. The minimum absolute atomic E-state index is 0.0795. The van der Waals surface area contributed by atoms with Gasteiger partial charge in [-0.1, -0.05) is 43.2 Å². The Morgan fingerprint density at radius 3 is 2.61 bits per heavy atom. The molecular formula is C22H23N5O3S.